The van der Waals surface area contributed by atoms with E-state index in [1.165, 1.54) is 0 Å². The predicted octanol–water partition coefficient (Wildman–Crippen LogP) is 0.288. The third-order valence-corrected chi connectivity index (χ3v) is 1.50. The van der Waals surface area contributed by atoms with Gasteiger partial charge in [0.05, 0.1) is 0 Å². The highest BCUT2D eigenvalue weighted by Gasteiger charge is 1.92. The van der Waals surface area contributed by atoms with Crippen LogP contribution in [0.1, 0.15) is 25.7 Å². The van der Waals surface area contributed by atoms with Crippen LogP contribution in [0.4, 0.5) is 0 Å². The molecule has 0 fully saturated rings. The first kappa shape index (κ1) is 11.0. The molecule has 0 aliphatic carbocycles. The van der Waals surface area contributed by atoms with Crippen LogP contribution in [0.2, 0.25) is 0 Å². The largest absolute Gasteiger partial charge is 0.396 e. The molecule has 0 bridgehead atoms. The maximum Gasteiger partial charge on any atom is 0.295 e. The van der Waals surface area contributed by atoms with E-state index in [2.05, 4.69) is 5.32 Å². The van der Waals surface area contributed by atoms with Crippen LogP contribution < -0.4 is 5.32 Å². The van der Waals surface area contributed by atoms with Gasteiger partial charge < -0.3 is 10.4 Å². The minimum Gasteiger partial charge on any atom is -0.396 e. The molecule has 68 valence electrons. The molecule has 0 spiro atoms. The normalized spacial score (nSPS) is 9.00. The lowest BCUT2D eigenvalue weighted by molar-refractivity contribution is -0.115. The van der Waals surface area contributed by atoms with Crippen molar-refractivity contribution in [3.63, 3.8) is 0 Å². The number of rotatable bonds is 6. The van der Waals surface area contributed by atoms with Gasteiger partial charge in [0.25, 0.3) is 5.91 Å². The van der Waals surface area contributed by atoms with E-state index in [1.54, 1.807) is 0 Å². The van der Waals surface area contributed by atoms with Crippen molar-refractivity contribution in [1.29, 1.82) is 0 Å². The Morgan fingerprint density at radius 2 is 2.00 bits per heavy atom. The average Bonchev–Trinajstić information content (AvgIpc) is 2.10. The van der Waals surface area contributed by atoms with E-state index in [9.17, 15) is 4.79 Å². The van der Waals surface area contributed by atoms with Crippen molar-refractivity contribution >= 4 is 5.91 Å². The van der Waals surface area contributed by atoms with Crippen LogP contribution in [0.3, 0.4) is 0 Å². The summed E-state index contributed by atoms with van der Waals surface area (Å²) in [6, 6.07) is 0. The monoisotopic (exact) mass is 169 g/mol. The number of terminal acetylenes is 1. The van der Waals surface area contributed by atoms with E-state index in [0.717, 1.165) is 25.7 Å². The van der Waals surface area contributed by atoms with E-state index in [1.807, 2.05) is 5.92 Å². The van der Waals surface area contributed by atoms with Crippen LogP contribution in [-0.4, -0.2) is 24.2 Å². The highest BCUT2D eigenvalue weighted by Crippen LogP contribution is 1.97. The van der Waals surface area contributed by atoms with Crippen LogP contribution in [0, 0.1) is 12.3 Å². The number of carbonyl (C=O) groups excluding carboxylic acids is 1. The Balaban J connectivity index is 3.02. The summed E-state index contributed by atoms with van der Waals surface area (Å²) >= 11 is 0. The van der Waals surface area contributed by atoms with Crippen LogP contribution in [0.25, 0.3) is 0 Å². The number of hydrogen-bond donors (Lipinski definition) is 2. The molecule has 2 N–H and O–H groups in total. The first-order valence-corrected chi connectivity index (χ1v) is 4.16. The number of nitrogens with one attached hydrogen (secondary N) is 1. The lowest BCUT2D eigenvalue weighted by atomic mass is 10.2. The Morgan fingerprint density at radius 3 is 2.58 bits per heavy atom. The molecule has 0 radical (unpaired) electrons. The van der Waals surface area contributed by atoms with Gasteiger partial charge in [0.1, 0.15) is 0 Å². The molecule has 12 heavy (non-hydrogen) atoms. The third kappa shape index (κ3) is 7.10. The van der Waals surface area contributed by atoms with Gasteiger partial charge in [0.2, 0.25) is 0 Å². The van der Waals surface area contributed by atoms with E-state index in [0.29, 0.717) is 6.54 Å². The molecule has 0 aromatic carbocycles. The van der Waals surface area contributed by atoms with E-state index in [-0.39, 0.29) is 12.5 Å². The van der Waals surface area contributed by atoms with E-state index in [4.69, 9.17) is 11.5 Å². The van der Waals surface area contributed by atoms with Gasteiger partial charge in [0.15, 0.2) is 0 Å². The molecule has 0 aliphatic heterocycles. The summed E-state index contributed by atoms with van der Waals surface area (Å²) in [4.78, 5) is 10.5. The second-order valence-corrected chi connectivity index (χ2v) is 2.54. The highest BCUT2D eigenvalue weighted by molar-refractivity contribution is 5.92. The molecule has 0 aliphatic rings. The van der Waals surface area contributed by atoms with Crippen molar-refractivity contribution < 1.29 is 9.90 Å². The summed E-state index contributed by atoms with van der Waals surface area (Å²) in [5.74, 6) is 1.63. The van der Waals surface area contributed by atoms with Gasteiger partial charge in [-0.25, -0.2) is 0 Å². The zero-order chi connectivity index (χ0) is 9.23. The van der Waals surface area contributed by atoms with Gasteiger partial charge >= 0.3 is 0 Å². The standard InChI is InChI=1S/C9H15NO2/c1-2-9(12)10-7-5-3-4-6-8-11/h1,11H,3-8H2,(H,10,12). The molecule has 0 aromatic heterocycles. The zero-order valence-electron chi connectivity index (χ0n) is 7.18. The topological polar surface area (TPSA) is 49.3 Å². The fourth-order valence-corrected chi connectivity index (χ4v) is 0.843. The van der Waals surface area contributed by atoms with Crippen molar-refractivity contribution in [2.75, 3.05) is 13.2 Å². The molecule has 0 rings (SSSR count). The first-order valence-electron chi connectivity index (χ1n) is 4.16. The van der Waals surface area contributed by atoms with Crippen LogP contribution in [0.5, 0.6) is 0 Å². The summed E-state index contributed by atoms with van der Waals surface area (Å²) in [5, 5.41) is 11.0. The number of aliphatic hydroxyl groups excluding tert-OH is 1. The Kier molecular flexibility index (Phi) is 7.41. The fourth-order valence-electron chi connectivity index (χ4n) is 0.843. The number of carbonyl (C=O) groups is 1. The number of hydrogen-bond acceptors (Lipinski definition) is 2. The Labute approximate surface area is 73.2 Å². The molecule has 0 heterocycles. The third-order valence-electron chi connectivity index (χ3n) is 1.50. The molecule has 0 atom stereocenters. The quantitative estimate of drug-likeness (QED) is 0.443. The number of aliphatic hydroxyl groups is 1. The van der Waals surface area contributed by atoms with Crippen LogP contribution in [-0.2, 0) is 4.79 Å². The minimum atomic E-state index is -0.350. The smallest absolute Gasteiger partial charge is 0.295 e. The summed E-state index contributed by atoms with van der Waals surface area (Å²) in [6.45, 7) is 0.880. The molecule has 0 unspecified atom stereocenters. The molecular weight excluding hydrogens is 154 g/mol. The molecule has 1 amide bonds. The van der Waals surface area contributed by atoms with Crippen molar-refractivity contribution in [3.8, 4) is 12.3 Å². The highest BCUT2D eigenvalue weighted by atomic mass is 16.2. The van der Waals surface area contributed by atoms with Gasteiger partial charge in [-0.15, -0.1) is 6.42 Å². The molecule has 0 saturated carbocycles. The Hall–Kier alpha value is -1.01. The Bertz CT molecular complexity index is 160. The van der Waals surface area contributed by atoms with E-state index >= 15 is 0 Å². The van der Waals surface area contributed by atoms with Crippen LogP contribution >= 0.6 is 0 Å². The molecule has 3 nitrogen and oxygen atoms in total. The zero-order valence-corrected chi connectivity index (χ0v) is 7.18. The lowest BCUT2D eigenvalue weighted by Crippen LogP contribution is -2.22. The van der Waals surface area contributed by atoms with Gasteiger partial charge in [-0.05, 0) is 18.8 Å². The van der Waals surface area contributed by atoms with Crippen molar-refractivity contribution in [2.24, 2.45) is 0 Å². The molecule has 3 heteroatoms. The molecule has 0 saturated heterocycles. The van der Waals surface area contributed by atoms with Gasteiger partial charge in [-0.1, -0.05) is 12.8 Å². The summed E-state index contributed by atoms with van der Waals surface area (Å²) in [5.41, 5.74) is 0. The summed E-state index contributed by atoms with van der Waals surface area (Å²) in [7, 11) is 0. The SMILES string of the molecule is C#CC(=O)NCCCCCCO. The maximum atomic E-state index is 10.5. The number of unbranched alkanes of at least 4 members (excludes halogenated alkanes) is 3. The Morgan fingerprint density at radius 1 is 1.33 bits per heavy atom. The maximum absolute atomic E-state index is 10.5. The van der Waals surface area contributed by atoms with Gasteiger partial charge in [-0.2, -0.15) is 0 Å². The fraction of sp³-hybridized carbons (Fsp3) is 0.667. The second kappa shape index (κ2) is 8.09. The number of amides is 1. The first-order chi connectivity index (χ1) is 5.81. The second-order valence-electron chi connectivity index (χ2n) is 2.54. The lowest BCUT2D eigenvalue weighted by Gasteiger charge is -1.99. The van der Waals surface area contributed by atoms with Crippen molar-refractivity contribution in [1.82, 2.24) is 5.32 Å². The molecular formula is C9H15NO2. The van der Waals surface area contributed by atoms with Gasteiger partial charge in [-0.3, -0.25) is 4.79 Å². The molecule has 0 aromatic rings. The minimum absolute atomic E-state index is 0.247. The van der Waals surface area contributed by atoms with Crippen molar-refractivity contribution in [3.05, 3.63) is 0 Å². The average molecular weight is 169 g/mol. The van der Waals surface area contributed by atoms with Crippen molar-refractivity contribution in [2.45, 2.75) is 25.7 Å². The van der Waals surface area contributed by atoms with E-state index < -0.39 is 0 Å². The summed E-state index contributed by atoms with van der Waals surface area (Å²) < 4.78 is 0. The van der Waals surface area contributed by atoms with Crippen LogP contribution in [0.15, 0.2) is 0 Å². The van der Waals surface area contributed by atoms with Gasteiger partial charge in [0, 0.05) is 13.2 Å². The predicted molar refractivity (Wildman–Crippen MR) is 47.4 cm³/mol. The summed E-state index contributed by atoms with van der Waals surface area (Å²) in [6.07, 6.45) is 8.62.